The summed E-state index contributed by atoms with van der Waals surface area (Å²) in [7, 11) is 0. The zero-order chi connectivity index (χ0) is 37.0. The quantitative estimate of drug-likeness (QED) is 0.0981. The molecule has 0 atom stereocenters. The minimum Gasteiger partial charge on any atom is -0.685 e. The zero-order valence-corrected chi connectivity index (χ0v) is 35.5. The Labute approximate surface area is 332 Å². The fourth-order valence-electron chi connectivity index (χ4n) is 8.51. The third-order valence-corrected chi connectivity index (χ3v) is 11.7. The van der Waals surface area contributed by atoms with Crippen molar-refractivity contribution in [1.82, 2.24) is 4.98 Å². The molecule has 4 nitrogen and oxygen atoms in total. The Hall–Kier alpha value is -3.53. The van der Waals surface area contributed by atoms with Gasteiger partial charge in [0.25, 0.3) is 0 Å². The Bertz CT molecular complexity index is 2040. The number of aromatic nitrogens is 1. The third-order valence-electron chi connectivity index (χ3n) is 11.7. The Morgan fingerprint density at radius 1 is 0.906 bits per heavy atom. The van der Waals surface area contributed by atoms with Gasteiger partial charge in [0.15, 0.2) is 5.78 Å². The van der Waals surface area contributed by atoms with Crippen LogP contribution in [0.1, 0.15) is 136 Å². The van der Waals surface area contributed by atoms with E-state index in [4.69, 9.17) is 14.7 Å². The number of hydrogen-bond donors (Lipinski definition) is 0. The number of carbonyl (C=O) groups excluding carboxylic acids is 1. The Morgan fingerprint density at radius 2 is 1.60 bits per heavy atom. The topological polar surface area (TPSA) is 57.2 Å². The number of furan rings is 1. The fraction of sp³-hybridized carbons (Fsp3) is 0.458. The number of nitrogens with zero attached hydrogens (tertiary/aromatic N) is 2. The van der Waals surface area contributed by atoms with E-state index >= 15 is 0 Å². The summed E-state index contributed by atoms with van der Waals surface area (Å²) in [5.41, 5.74) is 9.90. The molecule has 1 saturated carbocycles. The van der Waals surface area contributed by atoms with Gasteiger partial charge in [-0.25, -0.2) is 0 Å². The van der Waals surface area contributed by atoms with Gasteiger partial charge >= 0.3 is 0 Å². The van der Waals surface area contributed by atoms with Crippen LogP contribution in [-0.4, -0.2) is 16.8 Å². The van der Waals surface area contributed by atoms with Gasteiger partial charge in [-0.2, -0.15) is 5.70 Å². The van der Waals surface area contributed by atoms with Gasteiger partial charge in [0.1, 0.15) is 11.3 Å². The first kappa shape index (κ1) is 40.7. The van der Waals surface area contributed by atoms with Crippen LogP contribution in [0.25, 0.3) is 49.8 Å². The van der Waals surface area contributed by atoms with E-state index in [0.29, 0.717) is 23.7 Å². The molecule has 2 aliphatic rings. The normalized spacial score (nSPS) is 15.3. The number of hydrogen-bond acceptors (Lipinski definition) is 3. The van der Waals surface area contributed by atoms with Crippen molar-refractivity contribution in [1.29, 1.82) is 0 Å². The molecule has 2 aromatic heterocycles. The van der Waals surface area contributed by atoms with Crippen molar-refractivity contribution in [3.05, 3.63) is 107 Å². The van der Waals surface area contributed by atoms with Crippen LogP contribution in [0.5, 0.6) is 0 Å². The number of ketones is 1. The second kappa shape index (κ2) is 17.7. The molecular weight excluding hydrogens is 829 g/mol. The van der Waals surface area contributed by atoms with E-state index in [2.05, 4.69) is 116 Å². The molecule has 283 valence electrons. The van der Waals surface area contributed by atoms with E-state index in [9.17, 15) is 4.79 Å². The summed E-state index contributed by atoms with van der Waals surface area (Å²) < 4.78 is 6.33. The van der Waals surface area contributed by atoms with Gasteiger partial charge < -0.3 is 9.73 Å². The average molecular weight is 887 g/mol. The Morgan fingerprint density at radius 3 is 2.28 bits per heavy atom. The van der Waals surface area contributed by atoms with Crippen molar-refractivity contribution in [2.45, 2.75) is 131 Å². The van der Waals surface area contributed by atoms with E-state index in [1.54, 1.807) is 0 Å². The first-order chi connectivity index (χ1) is 25.1. The molecule has 2 heterocycles. The largest absolute Gasteiger partial charge is 0.685 e. The number of allylic oxidation sites excluding steroid dienone is 2. The van der Waals surface area contributed by atoms with Crippen molar-refractivity contribution in [2.75, 3.05) is 0 Å². The maximum atomic E-state index is 12.5. The van der Waals surface area contributed by atoms with Gasteiger partial charge in [-0.15, -0.1) is 35.4 Å². The molecule has 2 aliphatic carbocycles. The summed E-state index contributed by atoms with van der Waals surface area (Å²) in [6, 6.07) is 27.3. The van der Waals surface area contributed by atoms with Gasteiger partial charge in [0, 0.05) is 37.0 Å². The second-order valence-corrected chi connectivity index (χ2v) is 15.8. The molecule has 5 heteroatoms. The van der Waals surface area contributed by atoms with E-state index in [1.807, 2.05) is 18.2 Å². The van der Waals surface area contributed by atoms with Gasteiger partial charge in [0.05, 0.1) is 5.52 Å². The van der Waals surface area contributed by atoms with Crippen molar-refractivity contribution >= 4 is 27.7 Å². The number of benzene rings is 3. The smallest absolute Gasteiger partial charge is 0.157 e. The third kappa shape index (κ3) is 8.42. The van der Waals surface area contributed by atoms with Crippen LogP contribution in [0.15, 0.2) is 82.9 Å². The van der Waals surface area contributed by atoms with Crippen molar-refractivity contribution in [2.24, 2.45) is 11.8 Å². The van der Waals surface area contributed by atoms with Gasteiger partial charge in [0.2, 0.25) is 0 Å². The van der Waals surface area contributed by atoms with Gasteiger partial charge in [-0.05, 0) is 71.0 Å². The standard InChI is InChI=1S/C29H24NO.C19H35NO.Ir/c1-17(2)18-12-14-23-19(16-18)13-15-24(30-23)20-9-7-10-22-26(20)29(3,4)27-21-8-5-6-11-25(21)31-28(22)27;1-5-15(6-2)18(14-19(21)16(7-3)8-4)20-17-12-10-9-11-13-17;/h5-8,10-17H,1-4H3;14-17H,5-13H2,1-4H3,(H,20,21);/q-1;;/p-1. The summed E-state index contributed by atoms with van der Waals surface area (Å²) >= 11 is 0. The van der Waals surface area contributed by atoms with E-state index < -0.39 is 0 Å². The van der Waals surface area contributed by atoms with Crippen LogP contribution < -0.4 is 0 Å². The van der Waals surface area contributed by atoms with Gasteiger partial charge in [-0.3, -0.25) is 9.78 Å². The molecule has 0 N–H and O–H groups in total. The van der Waals surface area contributed by atoms with E-state index in [1.165, 1.54) is 59.6 Å². The number of para-hydroxylation sites is 1. The van der Waals surface area contributed by atoms with Crippen molar-refractivity contribution in [3.63, 3.8) is 0 Å². The molecular formula is C48H58IrN2O2-2. The van der Waals surface area contributed by atoms with Gasteiger partial charge in [-0.1, -0.05) is 142 Å². The van der Waals surface area contributed by atoms with Crippen molar-refractivity contribution < 1.29 is 29.3 Å². The Kier molecular flexibility index (Phi) is 13.6. The minimum atomic E-state index is -0.192. The van der Waals surface area contributed by atoms with E-state index in [-0.39, 0.29) is 31.4 Å². The summed E-state index contributed by atoms with van der Waals surface area (Å²) in [4.78, 5) is 17.5. The summed E-state index contributed by atoms with van der Waals surface area (Å²) in [6.07, 6.45) is 12.3. The molecule has 3 aromatic carbocycles. The SMILES string of the molecule is CC(C)c1ccc2nc(-c3[c-]ccc4c3C(C)(C)c3c-4oc4ccccc34)ccc2c1.CCC(CC)C(=O)/C=C(\[N-]C1CCCCC1)C(CC)CC.[Ir]. The van der Waals surface area contributed by atoms with Crippen LogP contribution in [-0.2, 0) is 30.3 Å². The molecule has 1 radical (unpaired) electrons. The summed E-state index contributed by atoms with van der Waals surface area (Å²) in [5, 5.41) is 7.38. The number of carbonyl (C=O) groups is 1. The molecule has 0 unspecified atom stereocenters. The first-order valence-electron chi connectivity index (χ1n) is 20.1. The van der Waals surface area contributed by atoms with Crippen LogP contribution in [0.2, 0.25) is 0 Å². The zero-order valence-electron chi connectivity index (χ0n) is 33.1. The van der Waals surface area contributed by atoms with Crippen LogP contribution >= 0.6 is 0 Å². The average Bonchev–Trinajstić information content (AvgIpc) is 3.66. The molecule has 0 amide bonds. The van der Waals surface area contributed by atoms with Crippen LogP contribution in [0, 0.1) is 17.9 Å². The minimum absolute atomic E-state index is 0. The van der Waals surface area contributed by atoms with E-state index in [0.717, 1.165) is 65.1 Å². The second-order valence-electron chi connectivity index (χ2n) is 15.8. The molecule has 0 bridgehead atoms. The van der Waals surface area contributed by atoms with Crippen molar-refractivity contribution in [3.8, 4) is 22.6 Å². The van der Waals surface area contributed by atoms with Crippen LogP contribution in [0.3, 0.4) is 0 Å². The predicted molar refractivity (Wildman–Crippen MR) is 219 cm³/mol. The Balaban J connectivity index is 0.000000218. The molecule has 0 saturated heterocycles. The molecule has 1 fully saturated rings. The molecule has 53 heavy (non-hydrogen) atoms. The predicted octanol–water partition coefficient (Wildman–Crippen LogP) is 13.9. The number of pyridine rings is 1. The fourth-order valence-corrected chi connectivity index (χ4v) is 8.51. The maximum Gasteiger partial charge on any atom is 0.157 e. The maximum absolute atomic E-state index is 12.5. The summed E-state index contributed by atoms with van der Waals surface area (Å²) in [6.45, 7) is 17.6. The molecule has 5 aromatic rings. The molecule has 0 spiro atoms. The van der Waals surface area contributed by atoms with Crippen LogP contribution in [0.4, 0.5) is 0 Å². The molecule has 7 rings (SSSR count). The number of rotatable bonds is 11. The number of fused-ring (bicyclic) bond motifs is 6. The first-order valence-corrected chi connectivity index (χ1v) is 20.1. The molecule has 0 aliphatic heterocycles. The monoisotopic (exact) mass is 887 g/mol. The summed E-state index contributed by atoms with van der Waals surface area (Å²) in [5.74, 6) is 2.41.